The van der Waals surface area contributed by atoms with E-state index in [2.05, 4.69) is 5.32 Å². The number of likely N-dealkylation sites (N-methyl/N-ethyl adjacent to an activating group) is 1. The van der Waals surface area contributed by atoms with Gasteiger partial charge in [-0.3, -0.25) is 9.69 Å². The van der Waals surface area contributed by atoms with Crippen LogP contribution in [-0.2, 0) is 4.79 Å². The van der Waals surface area contributed by atoms with Crippen molar-refractivity contribution in [2.24, 2.45) is 0 Å². The SMILES string of the molecule is CC(Oc1ccc(F)cc1)C(=O)NCC(c1ccco1)N(C)C.Cl. The summed E-state index contributed by atoms with van der Waals surface area (Å²) in [6, 6.07) is 9.18. The van der Waals surface area contributed by atoms with Crippen molar-refractivity contribution in [3.8, 4) is 5.75 Å². The van der Waals surface area contributed by atoms with Gasteiger partial charge in [0.15, 0.2) is 6.10 Å². The van der Waals surface area contributed by atoms with Crippen LogP contribution in [0.2, 0.25) is 0 Å². The highest BCUT2D eigenvalue weighted by atomic mass is 35.5. The fourth-order valence-electron chi connectivity index (χ4n) is 2.13. The predicted molar refractivity (Wildman–Crippen MR) is 91.9 cm³/mol. The fraction of sp³-hybridized carbons (Fsp3) is 0.353. The van der Waals surface area contributed by atoms with E-state index in [1.54, 1.807) is 13.2 Å². The quantitative estimate of drug-likeness (QED) is 0.828. The molecule has 0 saturated carbocycles. The second-order valence-electron chi connectivity index (χ2n) is 5.45. The smallest absolute Gasteiger partial charge is 0.260 e. The average molecular weight is 357 g/mol. The molecular formula is C17H22ClFN2O3. The highest BCUT2D eigenvalue weighted by molar-refractivity contribution is 5.85. The number of benzene rings is 1. The van der Waals surface area contributed by atoms with Gasteiger partial charge in [-0.2, -0.15) is 0 Å². The number of hydrogen-bond acceptors (Lipinski definition) is 4. The monoisotopic (exact) mass is 356 g/mol. The van der Waals surface area contributed by atoms with Gasteiger partial charge >= 0.3 is 0 Å². The summed E-state index contributed by atoms with van der Waals surface area (Å²) < 4.78 is 23.7. The van der Waals surface area contributed by atoms with Gasteiger partial charge in [-0.25, -0.2) is 4.39 Å². The van der Waals surface area contributed by atoms with Gasteiger partial charge in [-0.1, -0.05) is 0 Å². The number of carbonyl (C=O) groups excluding carboxylic acids is 1. The standard InChI is InChI=1S/C17H21FN2O3.ClH/c1-12(23-14-8-6-13(18)7-9-14)17(21)19-11-15(20(2)3)16-5-4-10-22-16;/h4-10,12,15H,11H2,1-3H3,(H,19,21);1H. The lowest BCUT2D eigenvalue weighted by Crippen LogP contribution is -2.40. The van der Waals surface area contributed by atoms with Crippen LogP contribution in [0.25, 0.3) is 0 Å². The number of furan rings is 1. The van der Waals surface area contributed by atoms with Gasteiger partial charge in [-0.15, -0.1) is 12.4 Å². The minimum atomic E-state index is -0.681. The van der Waals surface area contributed by atoms with Crippen molar-refractivity contribution in [2.75, 3.05) is 20.6 Å². The maximum absolute atomic E-state index is 12.9. The largest absolute Gasteiger partial charge is 0.481 e. The van der Waals surface area contributed by atoms with Gasteiger partial charge in [0, 0.05) is 6.54 Å². The van der Waals surface area contributed by atoms with Crippen molar-refractivity contribution in [3.63, 3.8) is 0 Å². The molecule has 132 valence electrons. The predicted octanol–water partition coefficient (Wildman–Crippen LogP) is 3.03. The molecule has 2 aromatic rings. The third-order valence-corrected chi connectivity index (χ3v) is 3.46. The van der Waals surface area contributed by atoms with E-state index in [0.717, 1.165) is 5.76 Å². The molecule has 0 bridgehead atoms. The van der Waals surface area contributed by atoms with Crippen LogP contribution in [0.5, 0.6) is 5.75 Å². The van der Waals surface area contributed by atoms with E-state index in [4.69, 9.17) is 9.15 Å². The molecule has 2 rings (SSSR count). The minimum Gasteiger partial charge on any atom is -0.481 e. The van der Waals surface area contributed by atoms with E-state index in [9.17, 15) is 9.18 Å². The van der Waals surface area contributed by atoms with Crippen molar-refractivity contribution >= 4 is 18.3 Å². The van der Waals surface area contributed by atoms with Crippen molar-refractivity contribution in [3.05, 3.63) is 54.2 Å². The van der Waals surface area contributed by atoms with Crippen LogP contribution in [0.3, 0.4) is 0 Å². The molecular weight excluding hydrogens is 335 g/mol. The Morgan fingerprint density at radius 3 is 2.50 bits per heavy atom. The first-order valence-corrected chi connectivity index (χ1v) is 7.37. The van der Waals surface area contributed by atoms with Gasteiger partial charge in [0.25, 0.3) is 5.91 Å². The number of rotatable bonds is 7. The topological polar surface area (TPSA) is 54.7 Å². The Morgan fingerprint density at radius 1 is 1.29 bits per heavy atom. The normalized spacial score (nSPS) is 13.0. The van der Waals surface area contributed by atoms with Crippen molar-refractivity contribution < 1.29 is 18.3 Å². The molecule has 0 aliphatic heterocycles. The second kappa shape index (κ2) is 9.30. The lowest BCUT2D eigenvalue weighted by atomic mass is 10.2. The van der Waals surface area contributed by atoms with E-state index in [-0.39, 0.29) is 30.2 Å². The summed E-state index contributed by atoms with van der Waals surface area (Å²) >= 11 is 0. The van der Waals surface area contributed by atoms with Crippen molar-refractivity contribution in [1.82, 2.24) is 10.2 Å². The van der Waals surface area contributed by atoms with Crippen molar-refractivity contribution in [2.45, 2.75) is 19.1 Å². The highest BCUT2D eigenvalue weighted by Crippen LogP contribution is 2.18. The van der Waals surface area contributed by atoms with E-state index in [1.807, 2.05) is 31.1 Å². The number of halogens is 2. The molecule has 1 heterocycles. The fourth-order valence-corrected chi connectivity index (χ4v) is 2.13. The Bertz CT molecular complexity index is 617. The third-order valence-electron chi connectivity index (χ3n) is 3.46. The first-order valence-electron chi connectivity index (χ1n) is 7.37. The molecule has 1 amide bonds. The second-order valence-corrected chi connectivity index (χ2v) is 5.45. The summed E-state index contributed by atoms with van der Waals surface area (Å²) in [6.07, 6.45) is 0.924. The van der Waals surface area contributed by atoms with Gasteiger partial charge in [0.05, 0.1) is 12.3 Å². The summed E-state index contributed by atoms with van der Waals surface area (Å²) in [5, 5.41) is 2.84. The van der Waals surface area contributed by atoms with Gasteiger partial charge in [-0.05, 0) is 57.4 Å². The zero-order valence-corrected chi connectivity index (χ0v) is 14.7. The molecule has 0 aliphatic rings. The maximum atomic E-state index is 12.9. The van der Waals surface area contributed by atoms with E-state index in [1.165, 1.54) is 24.3 Å². The molecule has 0 saturated heterocycles. The first-order chi connectivity index (χ1) is 11.0. The van der Waals surface area contributed by atoms with Gasteiger partial charge < -0.3 is 14.5 Å². The lowest BCUT2D eigenvalue weighted by molar-refractivity contribution is -0.127. The first kappa shape index (κ1) is 20.0. The Labute approximate surface area is 147 Å². The molecule has 1 aromatic heterocycles. The molecule has 2 unspecified atom stereocenters. The summed E-state index contributed by atoms with van der Waals surface area (Å²) in [7, 11) is 3.83. The molecule has 5 nitrogen and oxygen atoms in total. The van der Waals surface area contributed by atoms with Crippen LogP contribution in [0.1, 0.15) is 18.7 Å². The Kier molecular flexibility index (Phi) is 7.74. The van der Waals surface area contributed by atoms with Gasteiger partial charge in [0.1, 0.15) is 17.3 Å². The summed E-state index contributed by atoms with van der Waals surface area (Å²) in [6.45, 7) is 2.05. The Hall–Kier alpha value is -2.05. The van der Waals surface area contributed by atoms with E-state index < -0.39 is 6.10 Å². The summed E-state index contributed by atoms with van der Waals surface area (Å²) in [4.78, 5) is 14.1. The van der Waals surface area contributed by atoms with Gasteiger partial charge in [0.2, 0.25) is 0 Å². The van der Waals surface area contributed by atoms with E-state index >= 15 is 0 Å². The highest BCUT2D eigenvalue weighted by Gasteiger charge is 2.20. The molecule has 0 radical (unpaired) electrons. The summed E-state index contributed by atoms with van der Waals surface area (Å²) in [5.41, 5.74) is 0. The van der Waals surface area contributed by atoms with Crippen LogP contribution in [0, 0.1) is 5.82 Å². The molecule has 1 N–H and O–H groups in total. The average Bonchev–Trinajstić information content (AvgIpc) is 3.03. The minimum absolute atomic E-state index is 0. The third kappa shape index (κ3) is 5.54. The Balaban J connectivity index is 0.00000288. The number of nitrogens with one attached hydrogen (secondary N) is 1. The zero-order valence-electron chi connectivity index (χ0n) is 13.9. The lowest BCUT2D eigenvalue weighted by Gasteiger charge is -2.23. The number of carbonyl (C=O) groups is 1. The van der Waals surface area contributed by atoms with Crippen molar-refractivity contribution in [1.29, 1.82) is 0 Å². The molecule has 24 heavy (non-hydrogen) atoms. The van der Waals surface area contributed by atoms with Crippen LogP contribution in [0.15, 0.2) is 47.1 Å². The Morgan fingerprint density at radius 2 is 1.96 bits per heavy atom. The summed E-state index contributed by atoms with van der Waals surface area (Å²) in [5.74, 6) is 0.640. The van der Waals surface area contributed by atoms with Crippen LogP contribution in [0.4, 0.5) is 4.39 Å². The number of nitrogens with zero attached hydrogens (tertiary/aromatic N) is 1. The molecule has 0 spiro atoms. The van der Waals surface area contributed by atoms with Crippen LogP contribution in [-0.4, -0.2) is 37.6 Å². The van der Waals surface area contributed by atoms with Crippen LogP contribution >= 0.6 is 12.4 Å². The number of ether oxygens (including phenoxy) is 1. The number of hydrogen-bond donors (Lipinski definition) is 1. The molecule has 2 atom stereocenters. The molecule has 0 fully saturated rings. The molecule has 0 aliphatic carbocycles. The van der Waals surface area contributed by atoms with E-state index in [0.29, 0.717) is 12.3 Å². The molecule has 7 heteroatoms. The number of amides is 1. The molecule has 1 aromatic carbocycles. The van der Waals surface area contributed by atoms with Crippen LogP contribution < -0.4 is 10.1 Å². The zero-order chi connectivity index (χ0) is 16.8. The maximum Gasteiger partial charge on any atom is 0.260 e.